The number of hydrogen-bond donors (Lipinski definition) is 2. The molecule has 1 amide bonds. The van der Waals surface area contributed by atoms with Crippen LogP contribution in [0.15, 0.2) is 114 Å². The Balaban J connectivity index is 1.26. The van der Waals surface area contributed by atoms with Crippen LogP contribution in [0.3, 0.4) is 0 Å². The van der Waals surface area contributed by atoms with Crippen molar-refractivity contribution in [2.24, 2.45) is 0 Å². The van der Waals surface area contributed by atoms with Gasteiger partial charge in [-0.2, -0.15) is 0 Å². The number of anilines is 2. The van der Waals surface area contributed by atoms with E-state index < -0.39 is 0 Å². The minimum Gasteiger partial charge on any atom is -0.484 e. The third-order valence-corrected chi connectivity index (χ3v) is 7.82. The molecule has 0 radical (unpaired) electrons. The summed E-state index contributed by atoms with van der Waals surface area (Å²) in [6, 6.07) is 31.0. The van der Waals surface area contributed by atoms with Crippen molar-refractivity contribution in [3.63, 3.8) is 0 Å². The molecule has 0 unspecified atom stereocenters. The summed E-state index contributed by atoms with van der Waals surface area (Å²) in [7, 11) is 0. The van der Waals surface area contributed by atoms with Crippen LogP contribution in [0.1, 0.15) is 23.5 Å². The predicted molar refractivity (Wildman–Crippen MR) is 169 cm³/mol. The Kier molecular flexibility index (Phi) is 8.10. The summed E-state index contributed by atoms with van der Waals surface area (Å²) in [5.41, 5.74) is 3.08. The molecule has 1 aliphatic heterocycles. The highest BCUT2D eigenvalue weighted by Gasteiger charge is 2.42. The van der Waals surface area contributed by atoms with E-state index in [1.807, 2.05) is 83.8 Å². The lowest BCUT2D eigenvalue weighted by Crippen LogP contribution is -2.29. The minimum absolute atomic E-state index is 0.0978. The zero-order valence-electron chi connectivity index (χ0n) is 22.0. The molecule has 5 aromatic rings. The summed E-state index contributed by atoms with van der Waals surface area (Å²) in [5, 5.41) is 7.74. The van der Waals surface area contributed by atoms with Crippen molar-refractivity contribution in [2.45, 2.75) is 12.1 Å². The van der Waals surface area contributed by atoms with E-state index in [-0.39, 0.29) is 24.6 Å². The van der Waals surface area contributed by atoms with E-state index in [1.54, 1.807) is 30.5 Å². The van der Waals surface area contributed by atoms with E-state index >= 15 is 0 Å². The highest BCUT2D eigenvalue weighted by Crippen LogP contribution is 2.43. The van der Waals surface area contributed by atoms with Gasteiger partial charge in [-0.25, -0.2) is 0 Å². The molecule has 42 heavy (non-hydrogen) atoms. The lowest BCUT2D eigenvalue weighted by Gasteiger charge is -2.26. The second-order valence-electron chi connectivity index (χ2n) is 9.52. The third-order valence-electron chi connectivity index (χ3n) is 6.76. The Morgan fingerprint density at radius 3 is 2.48 bits per heavy atom. The number of nitrogens with zero attached hydrogens (tertiary/aromatic N) is 2. The molecule has 10 heteroatoms. The van der Waals surface area contributed by atoms with Crippen LogP contribution in [0.4, 0.5) is 11.4 Å². The van der Waals surface area contributed by atoms with Gasteiger partial charge in [0.2, 0.25) is 0 Å². The van der Waals surface area contributed by atoms with Crippen LogP contribution in [0.5, 0.6) is 5.75 Å². The number of thiocarbonyl (C=S) groups is 1. The van der Waals surface area contributed by atoms with Gasteiger partial charge >= 0.3 is 0 Å². The lowest BCUT2D eigenvalue weighted by molar-refractivity contribution is -0.118. The molecule has 2 atom stereocenters. The molecule has 3 aromatic carbocycles. The highest BCUT2D eigenvalue weighted by molar-refractivity contribution is 7.80. The van der Waals surface area contributed by atoms with E-state index in [1.165, 1.54) is 0 Å². The second kappa shape index (κ2) is 12.2. The maximum Gasteiger partial charge on any atom is 0.262 e. The lowest BCUT2D eigenvalue weighted by atomic mass is 10.0. The van der Waals surface area contributed by atoms with Gasteiger partial charge in [-0.15, -0.1) is 0 Å². The molecule has 7 nitrogen and oxygen atoms in total. The van der Waals surface area contributed by atoms with Crippen LogP contribution in [0.2, 0.25) is 10.0 Å². The Labute approximate surface area is 258 Å². The van der Waals surface area contributed by atoms with Gasteiger partial charge in [0, 0.05) is 23.1 Å². The number of nitrogens with one attached hydrogen (secondary N) is 2. The van der Waals surface area contributed by atoms with Crippen molar-refractivity contribution in [1.29, 1.82) is 0 Å². The number of amides is 1. The topological polar surface area (TPSA) is 79.6 Å². The Morgan fingerprint density at radius 2 is 1.74 bits per heavy atom. The first-order chi connectivity index (χ1) is 20.5. The van der Waals surface area contributed by atoms with Gasteiger partial charge in [0.25, 0.3) is 5.91 Å². The number of para-hydroxylation sites is 1. The van der Waals surface area contributed by atoms with Gasteiger partial charge in [-0.1, -0.05) is 47.5 Å². The first-order valence-corrected chi connectivity index (χ1v) is 14.3. The van der Waals surface area contributed by atoms with E-state index in [9.17, 15) is 4.79 Å². The van der Waals surface area contributed by atoms with E-state index in [2.05, 4.69) is 15.6 Å². The molecule has 2 aromatic heterocycles. The quantitative estimate of drug-likeness (QED) is 0.172. The van der Waals surface area contributed by atoms with Crippen LogP contribution in [0, 0.1) is 0 Å². The van der Waals surface area contributed by atoms with Gasteiger partial charge in [0.15, 0.2) is 11.7 Å². The summed E-state index contributed by atoms with van der Waals surface area (Å²) in [6.45, 7) is -0.0978. The average Bonchev–Trinajstić information content (AvgIpc) is 3.64. The molecule has 2 N–H and O–H groups in total. The number of carbonyl (C=O) groups excluding carboxylic acids is 1. The number of pyridine rings is 1. The monoisotopic (exact) mass is 614 g/mol. The first-order valence-electron chi connectivity index (χ1n) is 13.1. The first kappa shape index (κ1) is 27.8. The van der Waals surface area contributed by atoms with Gasteiger partial charge in [-0.3, -0.25) is 9.78 Å². The van der Waals surface area contributed by atoms with Crippen molar-refractivity contribution >= 4 is 57.8 Å². The Hall–Kier alpha value is -4.37. The van der Waals surface area contributed by atoms with Gasteiger partial charge in [0.05, 0.1) is 21.8 Å². The molecule has 1 aliphatic rings. The molecular weight excluding hydrogens is 591 g/mol. The summed E-state index contributed by atoms with van der Waals surface area (Å²) >= 11 is 18.2. The molecule has 6 rings (SSSR count). The van der Waals surface area contributed by atoms with Crippen LogP contribution >= 0.6 is 35.4 Å². The molecule has 0 bridgehead atoms. The van der Waals surface area contributed by atoms with E-state index in [0.29, 0.717) is 38.1 Å². The fourth-order valence-electron chi connectivity index (χ4n) is 4.81. The molecule has 1 saturated heterocycles. The SMILES string of the molecule is O=C(COc1ccccc1)Nc1ccc(N2C(=S)N[C@H](c3ccccn3)[C@H]2c2ccc(-c3ccc(Cl)c(Cl)c3)o2)cc1. The normalized spacial score (nSPS) is 16.2. The fourth-order valence-corrected chi connectivity index (χ4v) is 5.45. The molecular formula is C32H24Cl2N4O3S. The second-order valence-corrected chi connectivity index (χ2v) is 10.7. The number of hydrogen-bond acceptors (Lipinski definition) is 5. The molecule has 1 fully saturated rings. The number of carbonyl (C=O) groups is 1. The van der Waals surface area contributed by atoms with Crippen LogP contribution < -0.4 is 20.3 Å². The molecule has 3 heterocycles. The number of ether oxygens (including phenoxy) is 1. The zero-order valence-corrected chi connectivity index (χ0v) is 24.4. The highest BCUT2D eigenvalue weighted by atomic mass is 35.5. The summed E-state index contributed by atoms with van der Waals surface area (Å²) in [5.74, 6) is 1.71. The molecule has 0 saturated carbocycles. The molecule has 0 spiro atoms. The number of furan rings is 1. The molecule has 0 aliphatic carbocycles. The predicted octanol–water partition coefficient (Wildman–Crippen LogP) is 7.84. The van der Waals surface area contributed by atoms with Gasteiger partial charge in [-0.05, 0) is 91.1 Å². The maximum absolute atomic E-state index is 12.5. The molecule has 210 valence electrons. The smallest absolute Gasteiger partial charge is 0.262 e. The standard InChI is InChI=1S/C32H24Cl2N4O3S/c33-24-14-9-20(18-25(24)34)27-15-16-28(41-27)31-30(26-8-4-5-17-35-26)37-32(42)38(31)22-12-10-21(11-13-22)36-29(39)19-40-23-6-2-1-3-7-23/h1-18,30-31H,19H2,(H,36,39)(H,37,42)/t30-,31-/m1/s1. The van der Waals surface area contributed by atoms with Crippen LogP contribution in [0.25, 0.3) is 11.3 Å². The number of aromatic nitrogens is 1. The maximum atomic E-state index is 12.5. The van der Waals surface area contributed by atoms with Crippen molar-refractivity contribution in [3.05, 3.63) is 131 Å². The van der Waals surface area contributed by atoms with Gasteiger partial charge in [0.1, 0.15) is 23.3 Å². The van der Waals surface area contributed by atoms with Crippen LogP contribution in [-0.2, 0) is 4.79 Å². The van der Waals surface area contributed by atoms with Crippen molar-refractivity contribution in [3.8, 4) is 17.1 Å². The van der Waals surface area contributed by atoms with Gasteiger partial charge < -0.3 is 24.7 Å². The van der Waals surface area contributed by atoms with Crippen molar-refractivity contribution in [1.82, 2.24) is 10.3 Å². The largest absolute Gasteiger partial charge is 0.484 e. The Morgan fingerprint density at radius 1 is 0.952 bits per heavy atom. The summed E-state index contributed by atoms with van der Waals surface area (Å²) in [4.78, 5) is 19.0. The van der Waals surface area contributed by atoms with E-state index in [0.717, 1.165) is 16.9 Å². The summed E-state index contributed by atoms with van der Waals surface area (Å²) in [6.07, 6.45) is 1.75. The van der Waals surface area contributed by atoms with E-state index in [4.69, 9.17) is 44.6 Å². The Bertz CT molecular complexity index is 1720. The van der Waals surface area contributed by atoms with Crippen molar-refractivity contribution in [2.75, 3.05) is 16.8 Å². The summed E-state index contributed by atoms with van der Waals surface area (Å²) < 4.78 is 11.9. The number of benzene rings is 3. The fraction of sp³-hybridized carbons (Fsp3) is 0.0938. The van der Waals surface area contributed by atoms with Crippen LogP contribution in [-0.4, -0.2) is 22.6 Å². The third kappa shape index (κ3) is 5.97. The zero-order chi connectivity index (χ0) is 29.1. The number of rotatable bonds is 8. The number of halogens is 2. The minimum atomic E-state index is -0.344. The average molecular weight is 616 g/mol. The van der Waals surface area contributed by atoms with Crippen molar-refractivity contribution < 1.29 is 13.9 Å².